The van der Waals surface area contributed by atoms with Gasteiger partial charge in [0.2, 0.25) is 0 Å². The molecule has 1 aliphatic rings. The van der Waals surface area contributed by atoms with Crippen molar-refractivity contribution in [3.8, 4) is 22.4 Å². The van der Waals surface area contributed by atoms with Gasteiger partial charge in [0.25, 0.3) is 0 Å². The molecule has 27 heavy (non-hydrogen) atoms. The maximum atomic E-state index is 9.68. The number of ether oxygens (including phenoxy) is 1. The van der Waals surface area contributed by atoms with Crippen molar-refractivity contribution in [1.29, 1.82) is 5.26 Å². The third-order valence-electron chi connectivity index (χ3n) is 4.60. The number of rotatable bonds is 4. The summed E-state index contributed by atoms with van der Waals surface area (Å²) in [6.45, 7) is 0.864. The quantitative estimate of drug-likeness (QED) is 0.637. The molecule has 0 N–H and O–H groups in total. The van der Waals surface area contributed by atoms with Gasteiger partial charge in [0.05, 0.1) is 18.4 Å². The van der Waals surface area contributed by atoms with E-state index in [-0.39, 0.29) is 0 Å². The second kappa shape index (κ2) is 7.72. The summed E-state index contributed by atoms with van der Waals surface area (Å²) in [5.41, 5.74) is 2.24. The lowest BCUT2D eigenvalue weighted by molar-refractivity contribution is 0.415. The summed E-state index contributed by atoms with van der Waals surface area (Å²) in [5.74, 6) is 2.41. The van der Waals surface area contributed by atoms with Crippen LogP contribution in [0.15, 0.2) is 29.6 Å². The van der Waals surface area contributed by atoms with Crippen LogP contribution in [0.2, 0.25) is 0 Å². The van der Waals surface area contributed by atoms with Gasteiger partial charge in [0, 0.05) is 23.9 Å². The van der Waals surface area contributed by atoms with Crippen molar-refractivity contribution < 1.29 is 4.74 Å². The van der Waals surface area contributed by atoms with Crippen molar-refractivity contribution in [2.24, 2.45) is 0 Å². The predicted octanol–water partition coefficient (Wildman–Crippen LogP) is 4.20. The van der Waals surface area contributed by atoms with E-state index in [1.807, 2.05) is 29.6 Å². The van der Waals surface area contributed by atoms with Gasteiger partial charge in [-0.25, -0.2) is 4.98 Å². The maximum Gasteiger partial charge on any atom is 0.174 e. The van der Waals surface area contributed by atoms with Gasteiger partial charge in [-0.15, -0.1) is 21.5 Å². The van der Waals surface area contributed by atoms with Crippen LogP contribution < -0.4 is 4.74 Å². The van der Waals surface area contributed by atoms with Gasteiger partial charge in [-0.2, -0.15) is 5.26 Å². The topological polar surface area (TPSA) is 76.6 Å². The van der Waals surface area contributed by atoms with Crippen LogP contribution in [0.1, 0.15) is 36.6 Å². The van der Waals surface area contributed by atoms with E-state index in [1.54, 1.807) is 24.5 Å². The average molecular weight is 377 g/mol. The third-order valence-corrected chi connectivity index (χ3v) is 5.51. The van der Waals surface area contributed by atoms with Crippen LogP contribution >= 0.6 is 11.3 Å². The first-order valence-corrected chi connectivity index (χ1v) is 9.80. The molecule has 0 saturated carbocycles. The van der Waals surface area contributed by atoms with Gasteiger partial charge in [-0.1, -0.05) is 18.6 Å². The summed E-state index contributed by atoms with van der Waals surface area (Å²) in [5, 5.41) is 21.1. The molecule has 6 nitrogen and oxygen atoms in total. The Labute approximate surface area is 161 Å². The Bertz CT molecular complexity index is 1030. The monoisotopic (exact) mass is 377 g/mol. The highest BCUT2D eigenvalue weighted by molar-refractivity contribution is 7.13. The van der Waals surface area contributed by atoms with Crippen molar-refractivity contribution >= 4 is 23.0 Å². The lowest BCUT2D eigenvalue weighted by Gasteiger charge is -2.05. The van der Waals surface area contributed by atoms with Gasteiger partial charge < -0.3 is 9.30 Å². The van der Waals surface area contributed by atoms with Crippen LogP contribution in [0, 0.1) is 11.3 Å². The minimum atomic E-state index is 0.498. The minimum Gasteiger partial charge on any atom is -0.497 e. The van der Waals surface area contributed by atoms with Crippen molar-refractivity contribution in [2.45, 2.75) is 32.2 Å². The number of hydrogen-bond donors (Lipinski definition) is 0. The number of methoxy groups -OCH3 is 1. The summed E-state index contributed by atoms with van der Waals surface area (Å²) in [6, 6.07) is 10.1. The van der Waals surface area contributed by atoms with Gasteiger partial charge >= 0.3 is 0 Å². The molecule has 4 rings (SSSR count). The van der Waals surface area contributed by atoms with Crippen LogP contribution in [-0.4, -0.2) is 26.9 Å². The zero-order valence-electron chi connectivity index (χ0n) is 15.1. The predicted molar refractivity (Wildman–Crippen MR) is 105 cm³/mol. The number of aromatic nitrogens is 4. The van der Waals surface area contributed by atoms with Gasteiger partial charge in [0.1, 0.15) is 22.7 Å². The first-order chi connectivity index (χ1) is 13.3. The van der Waals surface area contributed by atoms with E-state index < -0.39 is 0 Å². The molecule has 1 aromatic carbocycles. The molecular weight excluding hydrogens is 358 g/mol. The van der Waals surface area contributed by atoms with E-state index in [9.17, 15) is 5.26 Å². The molecule has 3 aromatic rings. The van der Waals surface area contributed by atoms with E-state index in [0.29, 0.717) is 11.4 Å². The molecule has 3 heterocycles. The Morgan fingerprint density at radius 1 is 1.30 bits per heavy atom. The Kier molecular flexibility index (Phi) is 4.99. The molecule has 0 atom stereocenters. The van der Waals surface area contributed by atoms with Gasteiger partial charge in [0.15, 0.2) is 5.82 Å². The van der Waals surface area contributed by atoms with E-state index >= 15 is 0 Å². The molecule has 0 spiro atoms. The second-order valence-corrected chi connectivity index (χ2v) is 7.24. The van der Waals surface area contributed by atoms with Gasteiger partial charge in [-0.05, 0) is 31.1 Å². The van der Waals surface area contributed by atoms with Gasteiger partial charge in [-0.3, -0.25) is 0 Å². The maximum absolute atomic E-state index is 9.68. The fourth-order valence-electron chi connectivity index (χ4n) is 3.22. The Balaban J connectivity index is 1.66. The van der Waals surface area contributed by atoms with E-state index in [4.69, 9.17) is 4.74 Å². The highest BCUT2D eigenvalue weighted by atomic mass is 32.1. The van der Waals surface area contributed by atoms with Crippen molar-refractivity contribution in [3.05, 3.63) is 47.0 Å². The summed E-state index contributed by atoms with van der Waals surface area (Å²) in [7, 11) is 1.65. The molecule has 0 radical (unpaired) electrons. The summed E-state index contributed by atoms with van der Waals surface area (Å²) < 4.78 is 7.36. The summed E-state index contributed by atoms with van der Waals surface area (Å²) >= 11 is 1.54. The molecular formula is C20H19N5OS. The standard InChI is InChI=1S/C20H19N5OS/c1-26-17-7-5-6-14(11-17)20-22-16(13-27-20)10-15(12-21)19-24-23-18-8-3-2-4-9-25(18)19/h5-7,10-11,13H,2-4,8-9H2,1H3. The number of fused-ring (bicyclic) bond motifs is 1. The Hall–Kier alpha value is -2.98. The molecule has 1 aliphatic heterocycles. The van der Waals surface area contributed by atoms with Crippen molar-refractivity contribution in [1.82, 2.24) is 19.7 Å². The fourth-order valence-corrected chi connectivity index (χ4v) is 3.99. The number of aryl methyl sites for hydroxylation is 1. The largest absolute Gasteiger partial charge is 0.497 e. The normalized spacial score (nSPS) is 14.3. The zero-order chi connectivity index (χ0) is 18.6. The SMILES string of the molecule is COc1cccc(-c2nc(C=C(C#N)c3nnc4n3CCCCC4)cs2)c1. The Morgan fingerprint density at radius 3 is 3.07 bits per heavy atom. The van der Waals surface area contributed by atoms with E-state index in [0.717, 1.165) is 53.6 Å². The molecule has 0 amide bonds. The lowest BCUT2D eigenvalue weighted by atomic mass is 10.2. The molecule has 0 bridgehead atoms. The molecule has 2 aromatic heterocycles. The zero-order valence-corrected chi connectivity index (χ0v) is 15.9. The summed E-state index contributed by atoms with van der Waals surface area (Å²) in [4.78, 5) is 4.66. The number of nitriles is 1. The Morgan fingerprint density at radius 2 is 2.22 bits per heavy atom. The number of thiazole rings is 1. The van der Waals surface area contributed by atoms with Crippen LogP contribution in [0.4, 0.5) is 0 Å². The first-order valence-electron chi connectivity index (χ1n) is 8.92. The number of hydrogen-bond acceptors (Lipinski definition) is 6. The first kappa shape index (κ1) is 17.4. The second-order valence-electron chi connectivity index (χ2n) is 6.38. The lowest BCUT2D eigenvalue weighted by Crippen LogP contribution is -2.05. The van der Waals surface area contributed by atoms with Crippen LogP contribution in [-0.2, 0) is 13.0 Å². The number of benzene rings is 1. The highest BCUT2D eigenvalue weighted by Gasteiger charge is 2.18. The molecule has 0 fully saturated rings. The molecule has 136 valence electrons. The summed E-state index contributed by atoms with van der Waals surface area (Å²) in [6.07, 6.45) is 6.11. The smallest absolute Gasteiger partial charge is 0.174 e. The van der Waals surface area contributed by atoms with E-state index in [2.05, 4.69) is 25.8 Å². The molecule has 0 saturated heterocycles. The van der Waals surface area contributed by atoms with Crippen molar-refractivity contribution in [2.75, 3.05) is 7.11 Å². The van der Waals surface area contributed by atoms with Crippen LogP contribution in [0.3, 0.4) is 0 Å². The van der Waals surface area contributed by atoms with Crippen molar-refractivity contribution in [3.63, 3.8) is 0 Å². The highest BCUT2D eigenvalue weighted by Crippen LogP contribution is 2.28. The van der Waals surface area contributed by atoms with E-state index in [1.165, 1.54) is 6.42 Å². The van der Waals surface area contributed by atoms with Crippen LogP contribution in [0.25, 0.3) is 22.2 Å². The molecule has 0 unspecified atom stereocenters. The molecule has 7 heteroatoms. The molecule has 0 aliphatic carbocycles. The number of allylic oxidation sites excluding steroid dienone is 1. The minimum absolute atomic E-state index is 0.498. The average Bonchev–Trinajstić information content (AvgIpc) is 3.27. The number of nitrogens with zero attached hydrogens (tertiary/aromatic N) is 5. The third kappa shape index (κ3) is 3.62. The fraction of sp³-hybridized carbons (Fsp3) is 0.300. The van der Waals surface area contributed by atoms with Crippen LogP contribution in [0.5, 0.6) is 5.75 Å².